The molecular formula is C15H8O7. The van der Waals surface area contributed by atoms with E-state index in [9.17, 15) is 19.8 Å². The van der Waals surface area contributed by atoms with E-state index in [0.717, 1.165) is 0 Å². The number of benzene rings is 2. The number of rotatable bonds is 1. The van der Waals surface area contributed by atoms with Crippen LogP contribution in [0, 0.1) is 0 Å². The van der Waals surface area contributed by atoms with Crippen LogP contribution in [0.4, 0.5) is 0 Å². The first-order chi connectivity index (χ1) is 10.6. The molecule has 1 aliphatic heterocycles. The molecule has 0 saturated carbocycles. The standard InChI is InChI=1S/C15H8O7/c16-9-2-1-6-7-3-10-11(21-5-20-10)4-8(7)15(19)22-13(6)12(9)14(17)18/h1-4,16H,5H2,(H,17,18). The molecule has 0 unspecified atom stereocenters. The number of hydrogen-bond acceptors (Lipinski definition) is 6. The average molecular weight is 300 g/mol. The minimum Gasteiger partial charge on any atom is -0.507 e. The van der Waals surface area contributed by atoms with Gasteiger partial charge < -0.3 is 24.1 Å². The fraction of sp³-hybridized carbons (Fsp3) is 0.0667. The molecule has 3 aromatic rings. The van der Waals surface area contributed by atoms with E-state index in [2.05, 4.69) is 0 Å². The molecule has 22 heavy (non-hydrogen) atoms. The van der Waals surface area contributed by atoms with Gasteiger partial charge in [0.25, 0.3) is 0 Å². The Kier molecular flexibility index (Phi) is 2.35. The van der Waals surface area contributed by atoms with Crippen molar-refractivity contribution in [2.45, 2.75) is 0 Å². The van der Waals surface area contributed by atoms with E-state index in [-0.39, 0.29) is 17.8 Å². The van der Waals surface area contributed by atoms with Gasteiger partial charge in [-0.25, -0.2) is 9.59 Å². The molecule has 0 bridgehead atoms. The maximum atomic E-state index is 12.1. The lowest BCUT2D eigenvalue weighted by atomic mass is 10.0. The number of fused-ring (bicyclic) bond motifs is 4. The van der Waals surface area contributed by atoms with Gasteiger partial charge in [0, 0.05) is 10.8 Å². The monoisotopic (exact) mass is 300 g/mol. The van der Waals surface area contributed by atoms with Crippen LogP contribution in [0.15, 0.2) is 33.5 Å². The van der Waals surface area contributed by atoms with Gasteiger partial charge in [-0.1, -0.05) is 0 Å². The summed E-state index contributed by atoms with van der Waals surface area (Å²) in [5, 5.41) is 20.0. The highest BCUT2D eigenvalue weighted by molar-refractivity contribution is 6.12. The Morgan fingerprint density at radius 1 is 1.05 bits per heavy atom. The van der Waals surface area contributed by atoms with Crippen molar-refractivity contribution in [2.24, 2.45) is 0 Å². The van der Waals surface area contributed by atoms with Crippen LogP contribution in [0.25, 0.3) is 21.7 Å². The number of phenols is 1. The number of ether oxygens (including phenoxy) is 2. The Labute approximate surface area is 121 Å². The summed E-state index contributed by atoms with van der Waals surface area (Å²) < 4.78 is 15.6. The zero-order valence-electron chi connectivity index (χ0n) is 11.0. The molecule has 7 heteroatoms. The highest BCUT2D eigenvalue weighted by Crippen LogP contribution is 2.38. The van der Waals surface area contributed by atoms with Crippen LogP contribution < -0.4 is 15.1 Å². The number of carboxylic acids is 1. The smallest absolute Gasteiger partial charge is 0.344 e. The summed E-state index contributed by atoms with van der Waals surface area (Å²) in [7, 11) is 0. The van der Waals surface area contributed by atoms with Gasteiger partial charge in [-0.05, 0) is 24.3 Å². The second-order valence-electron chi connectivity index (χ2n) is 4.78. The second kappa shape index (κ2) is 4.14. The molecule has 0 radical (unpaired) electrons. The van der Waals surface area contributed by atoms with Crippen molar-refractivity contribution in [3.8, 4) is 17.2 Å². The summed E-state index contributed by atoms with van der Waals surface area (Å²) in [6, 6.07) is 5.83. The van der Waals surface area contributed by atoms with Gasteiger partial charge in [0.2, 0.25) is 6.79 Å². The van der Waals surface area contributed by atoms with Gasteiger partial charge in [-0.15, -0.1) is 0 Å². The molecule has 0 saturated heterocycles. The lowest BCUT2D eigenvalue weighted by Gasteiger charge is -2.07. The van der Waals surface area contributed by atoms with E-state index in [0.29, 0.717) is 22.3 Å². The molecule has 2 heterocycles. The summed E-state index contributed by atoms with van der Waals surface area (Å²) in [6.45, 7) is 0.0517. The van der Waals surface area contributed by atoms with Crippen molar-refractivity contribution in [3.63, 3.8) is 0 Å². The van der Waals surface area contributed by atoms with Crippen LogP contribution in [-0.2, 0) is 0 Å². The largest absolute Gasteiger partial charge is 0.507 e. The lowest BCUT2D eigenvalue weighted by Crippen LogP contribution is -2.04. The highest BCUT2D eigenvalue weighted by Gasteiger charge is 2.22. The van der Waals surface area contributed by atoms with Crippen LogP contribution in [0.2, 0.25) is 0 Å². The fourth-order valence-electron chi connectivity index (χ4n) is 2.58. The van der Waals surface area contributed by atoms with Gasteiger partial charge in [0.1, 0.15) is 11.3 Å². The van der Waals surface area contributed by atoms with Gasteiger partial charge in [-0.2, -0.15) is 0 Å². The van der Waals surface area contributed by atoms with Crippen LogP contribution in [-0.4, -0.2) is 23.0 Å². The maximum absolute atomic E-state index is 12.1. The fourth-order valence-corrected chi connectivity index (χ4v) is 2.58. The predicted octanol–water partition coefficient (Wildman–Crippen LogP) is 2.08. The van der Waals surface area contributed by atoms with Crippen molar-refractivity contribution in [3.05, 3.63) is 40.2 Å². The third-order valence-electron chi connectivity index (χ3n) is 3.57. The molecule has 0 spiro atoms. The molecule has 0 atom stereocenters. The zero-order chi connectivity index (χ0) is 15.4. The van der Waals surface area contributed by atoms with Crippen LogP contribution in [0.5, 0.6) is 17.2 Å². The normalized spacial score (nSPS) is 12.9. The predicted molar refractivity (Wildman–Crippen MR) is 74.7 cm³/mol. The first-order valence-corrected chi connectivity index (χ1v) is 6.31. The van der Waals surface area contributed by atoms with E-state index in [1.165, 1.54) is 18.2 Å². The second-order valence-corrected chi connectivity index (χ2v) is 4.78. The third kappa shape index (κ3) is 1.56. The zero-order valence-corrected chi connectivity index (χ0v) is 11.0. The van der Waals surface area contributed by atoms with Gasteiger partial charge in [0.05, 0.1) is 5.39 Å². The van der Waals surface area contributed by atoms with Crippen molar-refractivity contribution >= 4 is 27.7 Å². The topological polar surface area (TPSA) is 106 Å². The molecule has 0 fully saturated rings. The van der Waals surface area contributed by atoms with E-state index in [1.54, 1.807) is 6.07 Å². The molecule has 4 rings (SSSR count). The molecule has 0 amide bonds. The molecule has 2 aromatic carbocycles. The Morgan fingerprint density at radius 2 is 1.73 bits per heavy atom. The van der Waals surface area contributed by atoms with Crippen LogP contribution in [0.3, 0.4) is 0 Å². The molecule has 1 aromatic heterocycles. The number of carboxylic acid groups (broad SMARTS) is 1. The van der Waals surface area contributed by atoms with Crippen LogP contribution >= 0.6 is 0 Å². The average Bonchev–Trinajstić information content (AvgIpc) is 2.92. The van der Waals surface area contributed by atoms with E-state index in [4.69, 9.17) is 13.9 Å². The minimum atomic E-state index is -1.38. The number of hydrogen-bond donors (Lipinski definition) is 2. The lowest BCUT2D eigenvalue weighted by molar-refractivity contribution is 0.0694. The van der Waals surface area contributed by atoms with Gasteiger partial charge in [0.15, 0.2) is 17.1 Å². The van der Waals surface area contributed by atoms with Crippen molar-refractivity contribution in [1.82, 2.24) is 0 Å². The molecule has 1 aliphatic rings. The van der Waals surface area contributed by atoms with E-state index in [1.807, 2.05) is 0 Å². The number of aromatic hydroxyl groups is 1. The summed E-state index contributed by atoms with van der Waals surface area (Å²) in [4.78, 5) is 23.4. The van der Waals surface area contributed by atoms with Crippen molar-refractivity contribution < 1.29 is 28.9 Å². The van der Waals surface area contributed by atoms with E-state index >= 15 is 0 Å². The molecule has 0 aliphatic carbocycles. The van der Waals surface area contributed by atoms with E-state index < -0.39 is 22.9 Å². The Bertz CT molecular complexity index is 1020. The van der Waals surface area contributed by atoms with Gasteiger partial charge >= 0.3 is 11.6 Å². The Balaban J connectivity index is 2.23. The first kappa shape index (κ1) is 12.5. The van der Waals surface area contributed by atoms with Crippen molar-refractivity contribution in [2.75, 3.05) is 6.79 Å². The SMILES string of the molecule is O=C(O)c1c(O)ccc2c1oc(=O)c1cc3c(cc12)OCO3. The quantitative estimate of drug-likeness (QED) is 0.523. The molecular weight excluding hydrogens is 292 g/mol. The minimum absolute atomic E-state index is 0.0517. The number of aromatic carboxylic acids is 1. The Morgan fingerprint density at radius 3 is 2.41 bits per heavy atom. The number of carbonyl (C=O) groups is 1. The van der Waals surface area contributed by atoms with Gasteiger partial charge in [-0.3, -0.25) is 0 Å². The summed E-state index contributed by atoms with van der Waals surface area (Å²) in [5.74, 6) is -0.963. The third-order valence-corrected chi connectivity index (χ3v) is 3.57. The summed E-state index contributed by atoms with van der Waals surface area (Å²) >= 11 is 0. The summed E-state index contributed by atoms with van der Waals surface area (Å²) in [5.41, 5.74) is -1.34. The molecule has 7 nitrogen and oxygen atoms in total. The van der Waals surface area contributed by atoms with Crippen molar-refractivity contribution in [1.29, 1.82) is 0 Å². The summed E-state index contributed by atoms with van der Waals surface area (Å²) in [6.07, 6.45) is 0. The molecule has 110 valence electrons. The van der Waals surface area contributed by atoms with Crippen LogP contribution in [0.1, 0.15) is 10.4 Å². The molecule has 2 N–H and O–H groups in total. The Hall–Kier alpha value is -3.22. The highest BCUT2D eigenvalue weighted by atomic mass is 16.7. The maximum Gasteiger partial charge on any atom is 0.344 e. The first-order valence-electron chi connectivity index (χ1n) is 6.31.